The van der Waals surface area contributed by atoms with E-state index in [1.165, 1.54) is 0 Å². The molecule has 0 unspecified atom stereocenters. The molecular weight excluding hydrogens is 356 g/mol. The summed E-state index contributed by atoms with van der Waals surface area (Å²) in [6, 6.07) is 0. The van der Waals surface area contributed by atoms with Gasteiger partial charge in [-0.1, -0.05) is 6.92 Å². The predicted molar refractivity (Wildman–Crippen MR) is 77.4 cm³/mol. The van der Waals surface area contributed by atoms with Crippen LogP contribution in [0.4, 0.5) is 17.6 Å². The molecule has 5 nitrogen and oxygen atoms in total. The number of carbonyl (C=O) groups excluding carboxylic acids is 1. The van der Waals surface area contributed by atoms with Gasteiger partial charge in [0.2, 0.25) is 0 Å². The van der Waals surface area contributed by atoms with Crippen molar-refractivity contribution in [2.75, 3.05) is 6.61 Å². The molecule has 24 heavy (non-hydrogen) atoms. The summed E-state index contributed by atoms with van der Waals surface area (Å²) in [6.45, 7) is 1.89. The Bertz CT molecular complexity index is 527. The second-order valence-electron chi connectivity index (χ2n) is 6.28. The minimum absolute atomic E-state index is 0.105. The Balaban J connectivity index is 2.32. The molecule has 1 rings (SSSR count). The Morgan fingerprint density at radius 2 is 1.67 bits per heavy atom. The van der Waals surface area contributed by atoms with Crippen molar-refractivity contribution in [1.82, 2.24) is 0 Å². The minimum atomic E-state index is -6.20. The molecule has 0 amide bonds. The van der Waals surface area contributed by atoms with Crippen LogP contribution >= 0.6 is 0 Å². The lowest BCUT2D eigenvalue weighted by atomic mass is 9.83. The van der Waals surface area contributed by atoms with Crippen LogP contribution in [0.15, 0.2) is 0 Å². The average Bonchev–Trinajstić information content (AvgIpc) is 2.46. The van der Waals surface area contributed by atoms with Crippen molar-refractivity contribution in [3.05, 3.63) is 0 Å². The minimum Gasteiger partial charge on any atom is -0.465 e. The van der Waals surface area contributed by atoms with Crippen LogP contribution in [0.3, 0.4) is 0 Å². The van der Waals surface area contributed by atoms with Crippen molar-refractivity contribution in [2.45, 2.75) is 63.0 Å². The Hall–Kier alpha value is -0.900. The van der Waals surface area contributed by atoms with E-state index in [-0.39, 0.29) is 18.9 Å². The Labute approximate surface area is 138 Å². The maximum Gasteiger partial charge on any atom is 0.431 e. The van der Waals surface area contributed by atoms with Crippen molar-refractivity contribution in [1.29, 1.82) is 0 Å². The summed E-state index contributed by atoms with van der Waals surface area (Å²) in [6.07, 6.45) is 1.21. The number of hydrogen-bond acceptors (Lipinski definition) is 4. The topological polar surface area (TPSA) is 80.7 Å². The van der Waals surface area contributed by atoms with Crippen LogP contribution in [0.5, 0.6) is 0 Å². The van der Waals surface area contributed by atoms with Gasteiger partial charge in [0.05, 0.1) is 12.5 Å². The highest BCUT2D eigenvalue weighted by Gasteiger charge is 2.64. The first kappa shape index (κ1) is 21.1. The molecule has 1 saturated carbocycles. The van der Waals surface area contributed by atoms with Crippen molar-refractivity contribution in [3.8, 4) is 0 Å². The van der Waals surface area contributed by atoms with Crippen molar-refractivity contribution < 1.29 is 40.1 Å². The summed E-state index contributed by atoms with van der Waals surface area (Å²) in [7, 11) is -6.20. The molecule has 0 heterocycles. The maximum atomic E-state index is 13.2. The van der Waals surface area contributed by atoms with Crippen LogP contribution in [0, 0.1) is 11.8 Å². The van der Waals surface area contributed by atoms with E-state index in [0.717, 1.165) is 12.8 Å². The van der Waals surface area contributed by atoms with Gasteiger partial charge in [-0.05, 0) is 44.4 Å². The molecule has 0 saturated heterocycles. The normalized spacial score (nSPS) is 23.1. The van der Waals surface area contributed by atoms with Gasteiger partial charge >= 0.3 is 27.3 Å². The second-order valence-corrected chi connectivity index (χ2v) is 7.74. The van der Waals surface area contributed by atoms with E-state index in [0.29, 0.717) is 18.8 Å². The lowest BCUT2D eigenvalue weighted by Crippen LogP contribution is -2.46. The van der Waals surface area contributed by atoms with Gasteiger partial charge in [0.25, 0.3) is 0 Å². The van der Waals surface area contributed by atoms with Crippen LogP contribution < -0.4 is 0 Å². The van der Waals surface area contributed by atoms with Crippen LogP contribution in [-0.2, 0) is 19.6 Å². The summed E-state index contributed by atoms with van der Waals surface area (Å²) in [5.41, 5.74) is 0. The SMILES string of the molecule is CC1CCC(C(=O)OCCCCC(F)(F)C(F)(F)S(=O)(=O)O)CC1. The molecule has 0 aromatic rings. The van der Waals surface area contributed by atoms with Gasteiger partial charge < -0.3 is 4.74 Å². The first-order valence-corrected chi connectivity index (χ1v) is 9.22. The van der Waals surface area contributed by atoms with Crippen molar-refractivity contribution in [3.63, 3.8) is 0 Å². The largest absolute Gasteiger partial charge is 0.465 e. The zero-order valence-corrected chi connectivity index (χ0v) is 14.1. The van der Waals surface area contributed by atoms with Crippen molar-refractivity contribution >= 4 is 16.1 Å². The van der Waals surface area contributed by atoms with Crippen LogP contribution in [-0.4, -0.2) is 36.7 Å². The van der Waals surface area contributed by atoms with E-state index in [9.17, 15) is 30.8 Å². The number of rotatable bonds is 8. The lowest BCUT2D eigenvalue weighted by Gasteiger charge is -2.25. The van der Waals surface area contributed by atoms with Crippen LogP contribution in [0.2, 0.25) is 0 Å². The molecule has 0 spiro atoms. The number of halogens is 4. The zero-order chi connectivity index (χ0) is 18.6. The van der Waals surface area contributed by atoms with Crippen LogP contribution in [0.1, 0.15) is 51.9 Å². The highest BCUT2D eigenvalue weighted by atomic mass is 32.2. The van der Waals surface area contributed by atoms with E-state index < -0.39 is 40.1 Å². The van der Waals surface area contributed by atoms with Gasteiger partial charge in [-0.3, -0.25) is 9.35 Å². The molecule has 1 aliphatic rings. The zero-order valence-electron chi connectivity index (χ0n) is 13.3. The standard InChI is InChI=1S/C14H22F4O5S/c1-10-4-6-11(7-5-10)12(19)23-9-3-2-8-13(15,16)14(17,18)24(20,21)22/h10-11H,2-9H2,1H3,(H,20,21,22). The maximum absolute atomic E-state index is 13.2. The summed E-state index contributed by atoms with van der Waals surface area (Å²) in [5, 5.41) is -5.55. The highest BCUT2D eigenvalue weighted by Crippen LogP contribution is 2.41. The lowest BCUT2D eigenvalue weighted by molar-refractivity contribution is -0.165. The smallest absolute Gasteiger partial charge is 0.431 e. The second kappa shape index (κ2) is 7.99. The van der Waals surface area contributed by atoms with Gasteiger partial charge in [0.1, 0.15) is 0 Å². The monoisotopic (exact) mass is 378 g/mol. The van der Waals surface area contributed by atoms with E-state index >= 15 is 0 Å². The third-order valence-electron chi connectivity index (χ3n) is 4.23. The van der Waals surface area contributed by atoms with Gasteiger partial charge in [-0.15, -0.1) is 0 Å². The number of unbranched alkanes of at least 4 members (excludes halogenated alkanes) is 1. The summed E-state index contributed by atoms with van der Waals surface area (Å²) >= 11 is 0. The van der Waals surface area contributed by atoms with E-state index in [2.05, 4.69) is 6.92 Å². The van der Waals surface area contributed by atoms with Crippen molar-refractivity contribution in [2.24, 2.45) is 11.8 Å². The third-order valence-corrected chi connectivity index (χ3v) is 5.17. The van der Waals surface area contributed by atoms with Gasteiger partial charge in [0.15, 0.2) is 0 Å². The molecule has 1 fully saturated rings. The summed E-state index contributed by atoms with van der Waals surface area (Å²) in [5.74, 6) is -4.98. The predicted octanol–water partition coefficient (Wildman–Crippen LogP) is 3.64. The Morgan fingerprint density at radius 3 is 2.17 bits per heavy atom. The summed E-state index contributed by atoms with van der Waals surface area (Å²) in [4.78, 5) is 11.8. The van der Waals surface area contributed by atoms with E-state index in [1.54, 1.807) is 0 Å². The number of carbonyl (C=O) groups is 1. The molecule has 0 bridgehead atoms. The van der Waals surface area contributed by atoms with Crippen LogP contribution in [0.25, 0.3) is 0 Å². The fourth-order valence-corrected chi connectivity index (χ4v) is 3.05. The van der Waals surface area contributed by atoms with Gasteiger partial charge in [0, 0.05) is 6.42 Å². The molecule has 0 atom stereocenters. The number of ether oxygens (including phenoxy) is 1. The molecule has 142 valence electrons. The molecule has 1 N–H and O–H groups in total. The first-order valence-electron chi connectivity index (χ1n) is 7.78. The highest BCUT2D eigenvalue weighted by molar-refractivity contribution is 7.87. The molecule has 0 aromatic carbocycles. The molecule has 0 aromatic heterocycles. The fraction of sp³-hybridized carbons (Fsp3) is 0.929. The molecular formula is C14H22F4O5S. The molecule has 1 aliphatic carbocycles. The molecule has 10 heteroatoms. The van der Waals surface area contributed by atoms with Gasteiger partial charge in [-0.2, -0.15) is 26.0 Å². The number of esters is 1. The number of alkyl halides is 4. The molecule has 0 radical (unpaired) electrons. The fourth-order valence-electron chi connectivity index (χ4n) is 2.57. The quantitative estimate of drug-likeness (QED) is 0.302. The van der Waals surface area contributed by atoms with E-state index in [1.807, 2.05) is 0 Å². The Kier molecular flexibility index (Phi) is 7.04. The third kappa shape index (κ3) is 5.30. The van der Waals surface area contributed by atoms with E-state index in [4.69, 9.17) is 9.29 Å². The Morgan fingerprint density at radius 1 is 1.12 bits per heavy atom. The van der Waals surface area contributed by atoms with Gasteiger partial charge in [-0.25, -0.2) is 0 Å². The summed E-state index contributed by atoms with van der Waals surface area (Å²) < 4.78 is 86.1. The number of hydrogen-bond donors (Lipinski definition) is 1. The first-order chi connectivity index (χ1) is 10.9. The molecule has 0 aliphatic heterocycles. The average molecular weight is 378 g/mol.